The molecule has 0 heterocycles. The molecule has 1 fully saturated rings. The Hall–Kier alpha value is 0.137. The van der Waals surface area contributed by atoms with E-state index in [0.717, 1.165) is 30.6 Å². The second-order valence-corrected chi connectivity index (χ2v) is 7.10. The van der Waals surface area contributed by atoms with Crippen LogP contribution in [0.4, 0.5) is 0 Å². The lowest BCUT2D eigenvalue weighted by Crippen LogP contribution is -2.36. The third-order valence-corrected chi connectivity index (χ3v) is 6.48. The second-order valence-electron chi connectivity index (χ2n) is 4.84. The van der Waals surface area contributed by atoms with Gasteiger partial charge >= 0.3 is 9.28 Å². The molecule has 1 aliphatic rings. The Morgan fingerprint density at radius 2 is 1.67 bits per heavy atom. The minimum atomic E-state index is -1.41. The van der Waals surface area contributed by atoms with E-state index in [1.165, 1.54) is 19.3 Å². The Bertz CT molecular complexity index is 169. The summed E-state index contributed by atoms with van der Waals surface area (Å²) in [5, 5.41) is 0. The SMILES string of the molecule is CCO[SiH](OCC)C1CC(C)CCC1C. The average molecular weight is 230 g/mol. The summed E-state index contributed by atoms with van der Waals surface area (Å²) in [4.78, 5) is 0. The highest BCUT2D eigenvalue weighted by atomic mass is 28.3. The molecule has 0 aromatic rings. The maximum atomic E-state index is 5.86. The molecule has 0 saturated heterocycles. The molecule has 90 valence electrons. The maximum absolute atomic E-state index is 5.86. The van der Waals surface area contributed by atoms with Crippen molar-refractivity contribution in [2.45, 2.75) is 52.5 Å². The van der Waals surface area contributed by atoms with Gasteiger partial charge in [0.1, 0.15) is 0 Å². The van der Waals surface area contributed by atoms with E-state index in [0.29, 0.717) is 0 Å². The van der Waals surface area contributed by atoms with Crippen LogP contribution in [-0.4, -0.2) is 22.5 Å². The predicted molar refractivity (Wildman–Crippen MR) is 66.3 cm³/mol. The largest absolute Gasteiger partial charge is 0.397 e. The molecule has 0 N–H and O–H groups in total. The van der Waals surface area contributed by atoms with E-state index in [9.17, 15) is 0 Å². The Balaban J connectivity index is 2.54. The van der Waals surface area contributed by atoms with Gasteiger partial charge in [-0.2, -0.15) is 0 Å². The molecular formula is C12H26O2Si. The molecule has 0 spiro atoms. The van der Waals surface area contributed by atoms with Crippen LogP contribution in [0.15, 0.2) is 0 Å². The van der Waals surface area contributed by atoms with E-state index < -0.39 is 9.28 Å². The molecular weight excluding hydrogens is 204 g/mol. The highest BCUT2D eigenvalue weighted by Gasteiger charge is 2.34. The van der Waals surface area contributed by atoms with Gasteiger partial charge in [0, 0.05) is 18.8 Å². The van der Waals surface area contributed by atoms with Crippen molar-refractivity contribution in [2.75, 3.05) is 13.2 Å². The number of hydrogen-bond acceptors (Lipinski definition) is 2. The Morgan fingerprint density at radius 1 is 1.07 bits per heavy atom. The zero-order chi connectivity index (χ0) is 11.3. The van der Waals surface area contributed by atoms with E-state index >= 15 is 0 Å². The van der Waals surface area contributed by atoms with E-state index in [1.54, 1.807) is 0 Å². The fraction of sp³-hybridized carbons (Fsp3) is 1.00. The first-order valence-corrected chi connectivity index (χ1v) is 8.03. The van der Waals surface area contributed by atoms with Gasteiger partial charge in [-0.15, -0.1) is 0 Å². The fourth-order valence-corrected chi connectivity index (χ4v) is 5.24. The van der Waals surface area contributed by atoms with Crippen LogP contribution < -0.4 is 0 Å². The van der Waals surface area contributed by atoms with Crippen LogP contribution in [0.5, 0.6) is 0 Å². The Labute approximate surface area is 96.2 Å². The third-order valence-electron chi connectivity index (χ3n) is 3.53. The lowest BCUT2D eigenvalue weighted by molar-refractivity contribution is 0.173. The van der Waals surface area contributed by atoms with E-state index in [-0.39, 0.29) is 0 Å². The van der Waals surface area contributed by atoms with Crippen LogP contribution >= 0.6 is 0 Å². The summed E-state index contributed by atoms with van der Waals surface area (Å²) in [7, 11) is -1.41. The van der Waals surface area contributed by atoms with Crippen LogP contribution in [0.1, 0.15) is 47.0 Å². The summed E-state index contributed by atoms with van der Waals surface area (Å²) >= 11 is 0. The monoisotopic (exact) mass is 230 g/mol. The van der Waals surface area contributed by atoms with Gasteiger partial charge in [0.05, 0.1) is 0 Å². The molecule has 0 radical (unpaired) electrons. The predicted octanol–water partition coefficient (Wildman–Crippen LogP) is 3.11. The Morgan fingerprint density at radius 3 is 2.20 bits per heavy atom. The summed E-state index contributed by atoms with van der Waals surface area (Å²) < 4.78 is 11.7. The topological polar surface area (TPSA) is 18.5 Å². The third kappa shape index (κ3) is 3.89. The van der Waals surface area contributed by atoms with Gasteiger partial charge in [0.15, 0.2) is 0 Å². The normalized spacial score (nSPS) is 32.2. The lowest BCUT2D eigenvalue weighted by Gasteiger charge is -2.36. The maximum Gasteiger partial charge on any atom is 0.324 e. The van der Waals surface area contributed by atoms with Crippen LogP contribution in [0.2, 0.25) is 5.54 Å². The van der Waals surface area contributed by atoms with Crippen molar-refractivity contribution < 1.29 is 8.85 Å². The van der Waals surface area contributed by atoms with E-state index in [1.807, 2.05) is 0 Å². The zero-order valence-corrected chi connectivity index (χ0v) is 11.8. The summed E-state index contributed by atoms with van der Waals surface area (Å²) in [5.74, 6) is 1.66. The molecule has 0 amide bonds. The first-order valence-electron chi connectivity index (χ1n) is 6.42. The highest BCUT2D eigenvalue weighted by Crippen LogP contribution is 2.39. The standard InChI is InChI=1S/C12H26O2Si/c1-5-13-15(14-6-2)12-9-10(3)7-8-11(12)4/h10-12,15H,5-9H2,1-4H3. The summed E-state index contributed by atoms with van der Waals surface area (Å²) in [5.41, 5.74) is 0.730. The second kappa shape index (κ2) is 6.66. The van der Waals surface area contributed by atoms with Gasteiger partial charge < -0.3 is 8.85 Å². The summed E-state index contributed by atoms with van der Waals surface area (Å²) in [6.45, 7) is 10.5. The van der Waals surface area contributed by atoms with Crippen molar-refractivity contribution in [3.05, 3.63) is 0 Å². The fourth-order valence-electron chi connectivity index (χ4n) is 2.58. The van der Waals surface area contributed by atoms with Gasteiger partial charge in [-0.25, -0.2) is 0 Å². The quantitative estimate of drug-likeness (QED) is 0.676. The van der Waals surface area contributed by atoms with Crippen LogP contribution in [0, 0.1) is 11.8 Å². The number of hydrogen-bond donors (Lipinski definition) is 0. The van der Waals surface area contributed by atoms with Crippen molar-refractivity contribution in [3.8, 4) is 0 Å². The van der Waals surface area contributed by atoms with Gasteiger partial charge in [-0.1, -0.05) is 26.7 Å². The number of rotatable bonds is 5. The van der Waals surface area contributed by atoms with Gasteiger partial charge in [0.25, 0.3) is 0 Å². The minimum Gasteiger partial charge on any atom is -0.397 e. The van der Waals surface area contributed by atoms with Crippen molar-refractivity contribution >= 4 is 9.28 Å². The molecule has 0 bridgehead atoms. The van der Waals surface area contributed by atoms with Gasteiger partial charge in [-0.3, -0.25) is 0 Å². The first-order chi connectivity index (χ1) is 7.19. The highest BCUT2D eigenvalue weighted by molar-refractivity contribution is 6.46. The molecule has 1 aliphatic carbocycles. The molecule has 15 heavy (non-hydrogen) atoms. The molecule has 3 heteroatoms. The van der Waals surface area contributed by atoms with Gasteiger partial charge in [0.2, 0.25) is 0 Å². The minimum absolute atomic E-state index is 0.730. The van der Waals surface area contributed by atoms with Crippen LogP contribution in [-0.2, 0) is 8.85 Å². The van der Waals surface area contributed by atoms with Crippen molar-refractivity contribution in [1.29, 1.82) is 0 Å². The van der Waals surface area contributed by atoms with Crippen molar-refractivity contribution in [2.24, 2.45) is 11.8 Å². The molecule has 3 atom stereocenters. The molecule has 3 unspecified atom stereocenters. The lowest BCUT2D eigenvalue weighted by atomic mass is 9.83. The van der Waals surface area contributed by atoms with Crippen LogP contribution in [0.3, 0.4) is 0 Å². The molecule has 2 nitrogen and oxygen atoms in total. The summed E-state index contributed by atoms with van der Waals surface area (Å²) in [6.07, 6.45) is 4.06. The summed E-state index contributed by atoms with van der Waals surface area (Å²) in [6, 6.07) is 0. The molecule has 1 saturated carbocycles. The molecule has 0 aromatic carbocycles. The first kappa shape index (κ1) is 13.2. The van der Waals surface area contributed by atoms with Crippen molar-refractivity contribution in [1.82, 2.24) is 0 Å². The molecule has 1 rings (SSSR count). The van der Waals surface area contributed by atoms with Crippen LogP contribution in [0.25, 0.3) is 0 Å². The average Bonchev–Trinajstić information content (AvgIpc) is 2.21. The molecule has 0 aromatic heterocycles. The Kier molecular flexibility index (Phi) is 5.86. The molecule has 0 aliphatic heterocycles. The van der Waals surface area contributed by atoms with Gasteiger partial charge in [-0.05, 0) is 32.1 Å². The van der Waals surface area contributed by atoms with E-state index in [2.05, 4.69) is 27.7 Å². The van der Waals surface area contributed by atoms with E-state index in [4.69, 9.17) is 8.85 Å². The smallest absolute Gasteiger partial charge is 0.324 e. The zero-order valence-electron chi connectivity index (χ0n) is 10.7. The van der Waals surface area contributed by atoms with Crippen molar-refractivity contribution in [3.63, 3.8) is 0 Å².